The van der Waals surface area contributed by atoms with Crippen molar-refractivity contribution in [1.82, 2.24) is 0 Å². The molecular weight excluding hydrogens is 368 g/mol. The summed E-state index contributed by atoms with van der Waals surface area (Å²) in [7, 11) is 0. The molecule has 2 amide bonds. The Balaban J connectivity index is 1.97. The molecule has 0 aromatic heterocycles. The standard InChI is InChI=1S/C20H21ClN2O4/c1-13-4-2-5-15(10-13)23(7-6-18(22)24)20(25)14-11-16(21)19-17(12-14)26-8-3-9-27-19/h2,4-5,10-12H,3,6-9H2,1H3,(H2,22,24). The van der Waals surface area contributed by atoms with Crippen LogP contribution in [-0.2, 0) is 4.79 Å². The van der Waals surface area contributed by atoms with Gasteiger partial charge in [0.1, 0.15) is 0 Å². The molecule has 0 bridgehead atoms. The number of nitrogens with zero attached hydrogens (tertiary/aromatic N) is 1. The third kappa shape index (κ3) is 4.52. The van der Waals surface area contributed by atoms with Crippen molar-refractivity contribution < 1.29 is 19.1 Å². The lowest BCUT2D eigenvalue weighted by molar-refractivity contribution is -0.117. The van der Waals surface area contributed by atoms with E-state index in [1.54, 1.807) is 12.1 Å². The smallest absolute Gasteiger partial charge is 0.258 e. The van der Waals surface area contributed by atoms with Crippen LogP contribution in [0.4, 0.5) is 5.69 Å². The second-order valence-electron chi connectivity index (χ2n) is 6.35. The summed E-state index contributed by atoms with van der Waals surface area (Å²) in [5.74, 6) is 0.129. The second-order valence-corrected chi connectivity index (χ2v) is 6.76. The summed E-state index contributed by atoms with van der Waals surface area (Å²) in [6, 6.07) is 10.7. The van der Waals surface area contributed by atoms with E-state index in [4.69, 9.17) is 26.8 Å². The molecule has 1 aliphatic heterocycles. The first-order valence-corrected chi connectivity index (χ1v) is 9.09. The van der Waals surface area contributed by atoms with Crippen molar-refractivity contribution in [3.8, 4) is 11.5 Å². The number of carbonyl (C=O) groups is 2. The summed E-state index contributed by atoms with van der Waals surface area (Å²) >= 11 is 6.32. The minimum absolute atomic E-state index is 0.0535. The topological polar surface area (TPSA) is 81.9 Å². The highest BCUT2D eigenvalue weighted by Gasteiger charge is 2.23. The number of primary amides is 1. The zero-order valence-electron chi connectivity index (χ0n) is 15.0. The average molecular weight is 389 g/mol. The van der Waals surface area contributed by atoms with Crippen LogP contribution < -0.4 is 20.1 Å². The molecule has 0 saturated carbocycles. The van der Waals surface area contributed by atoms with Crippen LogP contribution in [-0.4, -0.2) is 31.6 Å². The fourth-order valence-corrected chi connectivity index (χ4v) is 3.14. The molecule has 6 nitrogen and oxygen atoms in total. The van der Waals surface area contributed by atoms with E-state index in [1.165, 1.54) is 4.90 Å². The van der Waals surface area contributed by atoms with E-state index in [-0.39, 0.29) is 18.9 Å². The number of ether oxygens (including phenoxy) is 2. The van der Waals surface area contributed by atoms with Gasteiger partial charge in [-0.1, -0.05) is 23.7 Å². The van der Waals surface area contributed by atoms with Crippen molar-refractivity contribution in [2.45, 2.75) is 19.8 Å². The Bertz CT molecular complexity index is 869. The molecule has 142 valence electrons. The van der Waals surface area contributed by atoms with Crippen LogP contribution in [0.1, 0.15) is 28.8 Å². The van der Waals surface area contributed by atoms with Gasteiger partial charge in [-0.15, -0.1) is 0 Å². The van der Waals surface area contributed by atoms with E-state index in [2.05, 4.69) is 0 Å². The molecule has 2 N–H and O–H groups in total. The molecule has 0 unspecified atom stereocenters. The van der Waals surface area contributed by atoms with Crippen molar-refractivity contribution in [3.05, 3.63) is 52.5 Å². The van der Waals surface area contributed by atoms with Crippen LogP contribution in [0.2, 0.25) is 5.02 Å². The molecule has 7 heteroatoms. The van der Waals surface area contributed by atoms with Gasteiger partial charge in [0.2, 0.25) is 5.91 Å². The van der Waals surface area contributed by atoms with E-state index in [9.17, 15) is 9.59 Å². The van der Waals surface area contributed by atoms with E-state index in [0.717, 1.165) is 12.0 Å². The molecule has 1 aliphatic rings. The van der Waals surface area contributed by atoms with Crippen LogP contribution in [0.3, 0.4) is 0 Å². The van der Waals surface area contributed by atoms with Gasteiger partial charge in [0.25, 0.3) is 5.91 Å². The van der Waals surface area contributed by atoms with Gasteiger partial charge in [0, 0.05) is 30.6 Å². The zero-order valence-corrected chi connectivity index (χ0v) is 15.8. The number of anilines is 1. The zero-order chi connectivity index (χ0) is 19.4. The van der Waals surface area contributed by atoms with Gasteiger partial charge in [-0.05, 0) is 36.8 Å². The SMILES string of the molecule is Cc1cccc(N(CCC(N)=O)C(=O)c2cc(Cl)c3c(c2)OCCCO3)c1. The molecule has 3 rings (SSSR count). The number of hydrogen-bond acceptors (Lipinski definition) is 4. The highest BCUT2D eigenvalue weighted by Crippen LogP contribution is 2.38. The number of rotatable bonds is 5. The molecule has 0 spiro atoms. The molecule has 0 aliphatic carbocycles. The van der Waals surface area contributed by atoms with Gasteiger partial charge in [0.15, 0.2) is 11.5 Å². The monoisotopic (exact) mass is 388 g/mol. The van der Waals surface area contributed by atoms with Crippen LogP contribution in [0, 0.1) is 6.92 Å². The lowest BCUT2D eigenvalue weighted by Crippen LogP contribution is -2.34. The maximum atomic E-state index is 13.2. The molecule has 0 radical (unpaired) electrons. The van der Waals surface area contributed by atoms with Crippen molar-refractivity contribution in [2.75, 3.05) is 24.7 Å². The Morgan fingerprint density at radius 3 is 2.70 bits per heavy atom. The molecular formula is C20H21ClN2O4. The van der Waals surface area contributed by atoms with E-state index >= 15 is 0 Å². The Labute approximate surface area is 162 Å². The largest absolute Gasteiger partial charge is 0.489 e. The number of aryl methyl sites for hydroxylation is 1. The molecule has 0 fully saturated rings. The predicted octanol–water partition coefficient (Wildman–Crippen LogP) is 3.33. The molecule has 2 aromatic carbocycles. The summed E-state index contributed by atoms with van der Waals surface area (Å²) < 4.78 is 11.3. The fraction of sp³-hybridized carbons (Fsp3) is 0.300. The lowest BCUT2D eigenvalue weighted by Gasteiger charge is -2.23. The number of hydrogen-bond donors (Lipinski definition) is 1. The average Bonchev–Trinajstić information content (AvgIpc) is 2.87. The number of benzene rings is 2. The molecule has 2 aromatic rings. The third-order valence-corrected chi connectivity index (χ3v) is 4.47. The molecule has 0 atom stereocenters. The summed E-state index contributed by atoms with van der Waals surface area (Å²) in [5.41, 5.74) is 7.33. The van der Waals surface area contributed by atoms with Gasteiger partial charge >= 0.3 is 0 Å². The fourth-order valence-electron chi connectivity index (χ4n) is 2.88. The van der Waals surface area contributed by atoms with Crippen LogP contribution in [0.15, 0.2) is 36.4 Å². The van der Waals surface area contributed by atoms with Crippen LogP contribution in [0.5, 0.6) is 11.5 Å². The quantitative estimate of drug-likeness (QED) is 0.851. The Morgan fingerprint density at radius 2 is 1.96 bits per heavy atom. The first-order chi connectivity index (χ1) is 13.0. The third-order valence-electron chi connectivity index (χ3n) is 4.19. The van der Waals surface area contributed by atoms with Gasteiger partial charge in [0.05, 0.1) is 18.2 Å². The minimum Gasteiger partial charge on any atom is -0.489 e. The summed E-state index contributed by atoms with van der Waals surface area (Å²) in [4.78, 5) is 26.0. The van der Waals surface area contributed by atoms with Crippen molar-refractivity contribution in [2.24, 2.45) is 5.73 Å². The van der Waals surface area contributed by atoms with Crippen molar-refractivity contribution in [1.29, 1.82) is 0 Å². The van der Waals surface area contributed by atoms with Crippen molar-refractivity contribution in [3.63, 3.8) is 0 Å². The Hall–Kier alpha value is -2.73. The maximum absolute atomic E-state index is 13.2. The predicted molar refractivity (Wildman–Crippen MR) is 104 cm³/mol. The van der Waals surface area contributed by atoms with Crippen LogP contribution in [0.25, 0.3) is 0 Å². The summed E-state index contributed by atoms with van der Waals surface area (Å²) in [6.45, 7) is 3.10. The number of carbonyl (C=O) groups excluding carboxylic acids is 2. The van der Waals surface area contributed by atoms with Gasteiger partial charge in [-0.3, -0.25) is 9.59 Å². The Kier molecular flexibility index (Phi) is 5.86. The first-order valence-electron chi connectivity index (χ1n) is 8.71. The first kappa shape index (κ1) is 19.0. The summed E-state index contributed by atoms with van der Waals surface area (Å²) in [6.07, 6.45) is 0.792. The number of halogens is 1. The number of nitrogens with two attached hydrogens (primary N) is 1. The minimum atomic E-state index is -0.475. The number of amides is 2. The van der Waals surface area contributed by atoms with Crippen LogP contribution >= 0.6 is 11.6 Å². The maximum Gasteiger partial charge on any atom is 0.258 e. The molecule has 0 saturated heterocycles. The van der Waals surface area contributed by atoms with E-state index in [0.29, 0.717) is 41.0 Å². The normalized spacial score (nSPS) is 13.0. The van der Waals surface area contributed by atoms with E-state index in [1.807, 2.05) is 31.2 Å². The molecule has 27 heavy (non-hydrogen) atoms. The molecule has 1 heterocycles. The number of fused-ring (bicyclic) bond motifs is 1. The highest BCUT2D eigenvalue weighted by molar-refractivity contribution is 6.32. The van der Waals surface area contributed by atoms with Crippen molar-refractivity contribution >= 4 is 29.1 Å². The van der Waals surface area contributed by atoms with Gasteiger partial charge in [-0.2, -0.15) is 0 Å². The van der Waals surface area contributed by atoms with Gasteiger partial charge < -0.3 is 20.1 Å². The summed E-state index contributed by atoms with van der Waals surface area (Å²) in [5, 5.41) is 0.317. The highest BCUT2D eigenvalue weighted by atomic mass is 35.5. The second kappa shape index (κ2) is 8.31. The van der Waals surface area contributed by atoms with Gasteiger partial charge in [-0.25, -0.2) is 0 Å². The lowest BCUT2D eigenvalue weighted by atomic mass is 10.1. The Morgan fingerprint density at radius 1 is 1.19 bits per heavy atom. The van der Waals surface area contributed by atoms with E-state index < -0.39 is 5.91 Å².